The highest BCUT2D eigenvalue weighted by Crippen LogP contribution is 2.32. The maximum atomic E-state index is 9.39. The second kappa shape index (κ2) is 6.15. The van der Waals surface area contributed by atoms with E-state index in [0.717, 1.165) is 10.5 Å². The van der Waals surface area contributed by atoms with Gasteiger partial charge >= 0.3 is 0 Å². The number of hydrogen-bond donors (Lipinski definition) is 1. The molecule has 2 rings (SSSR count). The van der Waals surface area contributed by atoms with Crippen molar-refractivity contribution in [2.24, 2.45) is 0 Å². The summed E-state index contributed by atoms with van der Waals surface area (Å²) in [5.74, 6) is 0. The van der Waals surface area contributed by atoms with Gasteiger partial charge in [-0.05, 0) is 42.2 Å². The Morgan fingerprint density at radius 1 is 1.00 bits per heavy atom. The van der Waals surface area contributed by atoms with Crippen LogP contribution in [0.25, 0.3) is 0 Å². The van der Waals surface area contributed by atoms with E-state index >= 15 is 0 Å². The second-order valence-corrected chi connectivity index (χ2v) is 5.54. The first-order valence-corrected chi connectivity index (χ1v) is 7.38. The molecule has 1 N–H and O–H groups in total. The molecule has 0 bridgehead atoms. The van der Waals surface area contributed by atoms with Crippen LogP contribution in [0.15, 0.2) is 63.2 Å². The van der Waals surface area contributed by atoms with Gasteiger partial charge in [0.05, 0.1) is 6.61 Å². The maximum Gasteiger partial charge on any atom is 0.0693 e. The van der Waals surface area contributed by atoms with E-state index < -0.39 is 0 Å². The zero-order valence-corrected chi connectivity index (χ0v) is 11.2. The molecule has 0 unspecified atom stereocenters. The van der Waals surface area contributed by atoms with Gasteiger partial charge in [-0.2, -0.15) is 0 Å². The van der Waals surface area contributed by atoms with Crippen LogP contribution in [0.4, 0.5) is 0 Å². The van der Waals surface area contributed by atoms with E-state index in [1.54, 1.807) is 23.5 Å². The molecular formula is C14H14OS2. The molecule has 88 valence electrons. The molecule has 0 saturated heterocycles. The normalized spacial score (nSPS) is 10.5. The van der Waals surface area contributed by atoms with E-state index in [0.29, 0.717) is 0 Å². The van der Waals surface area contributed by atoms with Gasteiger partial charge in [-0.1, -0.05) is 30.0 Å². The van der Waals surface area contributed by atoms with E-state index in [-0.39, 0.29) is 6.61 Å². The average molecular weight is 262 g/mol. The Kier molecular flexibility index (Phi) is 4.54. The summed E-state index contributed by atoms with van der Waals surface area (Å²) in [6, 6.07) is 16.4. The molecule has 0 aromatic heterocycles. The van der Waals surface area contributed by atoms with Crippen LogP contribution in [-0.4, -0.2) is 11.4 Å². The Morgan fingerprint density at radius 2 is 1.76 bits per heavy atom. The molecule has 0 fully saturated rings. The van der Waals surface area contributed by atoms with Crippen LogP contribution in [0, 0.1) is 0 Å². The maximum absolute atomic E-state index is 9.39. The molecule has 3 heteroatoms. The molecule has 17 heavy (non-hydrogen) atoms. The van der Waals surface area contributed by atoms with Gasteiger partial charge in [0.15, 0.2) is 0 Å². The summed E-state index contributed by atoms with van der Waals surface area (Å²) in [6.07, 6.45) is 2.04. The van der Waals surface area contributed by atoms with Crippen LogP contribution < -0.4 is 0 Å². The Hall–Kier alpha value is -0.900. The molecule has 2 aromatic rings. The lowest BCUT2D eigenvalue weighted by molar-refractivity contribution is 0.278. The van der Waals surface area contributed by atoms with Crippen molar-refractivity contribution in [2.45, 2.75) is 21.3 Å². The fraction of sp³-hybridized carbons (Fsp3) is 0.143. The first-order valence-electron chi connectivity index (χ1n) is 5.34. The van der Waals surface area contributed by atoms with Gasteiger partial charge in [0, 0.05) is 14.7 Å². The van der Waals surface area contributed by atoms with Gasteiger partial charge in [-0.15, -0.1) is 11.8 Å². The van der Waals surface area contributed by atoms with E-state index in [4.69, 9.17) is 0 Å². The van der Waals surface area contributed by atoms with Crippen LogP contribution in [-0.2, 0) is 6.61 Å². The van der Waals surface area contributed by atoms with Crippen LogP contribution >= 0.6 is 23.5 Å². The number of hydrogen-bond acceptors (Lipinski definition) is 3. The first-order chi connectivity index (χ1) is 8.33. The minimum Gasteiger partial charge on any atom is -0.392 e. The first kappa shape index (κ1) is 12.6. The van der Waals surface area contributed by atoms with Crippen LogP contribution in [0.5, 0.6) is 0 Å². The highest BCUT2D eigenvalue weighted by molar-refractivity contribution is 7.99. The zero-order chi connectivity index (χ0) is 12.1. The molecule has 0 aliphatic rings. The standard InChI is InChI=1S/C14H14OS2/c1-16-13-7-8-14(11(9-13)10-15)17-12-5-3-2-4-6-12/h2-9,15H,10H2,1H3. The number of aliphatic hydroxyl groups excluding tert-OH is 1. The number of aliphatic hydroxyl groups is 1. The SMILES string of the molecule is CSc1ccc(Sc2ccccc2)c(CO)c1. The molecule has 0 spiro atoms. The van der Waals surface area contributed by atoms with Crippen molar-refractivity contribution in [3.63, 3.8) is 0 Å². The number of thioether (sulfide) groups is 1. The third-order valence-corrected chi connectivity index (χ3v) is 4.26. The van der Waals surface area contributed by atoms with Gasteiger partial charge < -0.3 is 5.11 Å². The van der Waals surface area contributed by atoms with Crippen molar-refractivity contribution in [1.82, 2.24) is 0 Å². The monoisotopic (exact) mass is 262 g/mol. The third kappa shape index (κ3) is 3.28. The molecule has 0 amide bonds. The Morgan fingerprint density at radius 3 is 2.41 bits per heavy atom. The lowest BCUT2D eigenvalue weighted by atomic mass is 10.2. The summed E-state index contributed by atoms with van der Waals surface area (Å²) in [7, 11) is 0. The highest BCUT2D eigenvalue weighted by atomic mass is 32.2. The minimum absolute atomic E-state index is 0.0869. The largest absolute Gasteiger partial charge is 0.392 e. The van der Waals surface area contributed by atoms with Crippen molar-refractivity contribution >= 4 is 23.5 Å². The molecule has 0 aliphatic carbocycles. The van der Waals surface area contributed by atoms with Crippen molar-refractivity contribution in [3.8, 4) is 0 Å². The number of rotatable bonds is 4. The smallest absolute Gasteiger partial charge is 0.0693 e. The summed E-state index contributed by atoms with van der Waals surface area (Å²) in [6.45, 7) is 0.0869. The zero-order valence-electron chi connectivity index (χ0n) is 9.59. The van der Waals surface area contributed by atoms with Crippen molar-refractivity contribution < 1.29 is 5.11 Å². The predicted octanol–water partition coefficient (Wildman–Crippen LogP) is 4.05. The van der Waals surface area contributed by atoms with Crippen LogP contribution in [0.1, 0.15) is 5.56 Å². The molecule has 0 heterocycles. The molecule has 0 atom stereocenters. The van der Waals surface area contributed by atoms with Gasteiger partial charge in [-0.3, -0.25) is 0 Å². The third-order valence-electron chi connectivity index (χ3n) is 2.41. The average Bonchev–Trinajstić information content (AvgIpc) is 2.40. The van der Waals surface area contributed by atoms with Crippen molar-refractivity contribution in [2.75, 3.05) is 6.26 Å². The second-order valence-electron chi connectivity index (χ2n) is 3.55. The molecule has 0 saturated carbocycles. The Balaban J connectivity index is 2.26. The summed E-state index contributed by atoms with van der Waals surface area (Å²) in [5.41, 5.74) is 0.991. The summed E-state index contributed by atoms with van der Waals surface area (Å²) < 4.78 is 0. The summed E-state index contributed by atoms with van der Waals surface area (Å²) in [4.78, 5) is 3.50. The molecule has 2 aromatic carbocycles. The topological polar surface area (TPSA) is 20.2 Å². The Bertz CT molecular complexity index is 483. The van der Waals surface area contributed by atoms with Gasteiger partial charge in [0.25, 0.3) is 0 Å². The molecular weight excluding hydrogens is 248 g/mol. The summed E-state index contributed by atoms with van der Waals surface area (Å²) in [5, 5.41) is 9.39. The minimum atomic E-state index is 0.0869. The molecule has 0 aliphatic heterocycles. The van der Waals surface area contributed by atoms with E-state index in [9.17, 15) is 5.11 Å². The summed E-state index contributed by atoms with van der Waals surface area (Å²) >= 11 is 3.38. The quantitative estimate of drug-likeness (QED) is 0.839. The fourth-order valence-electron chi connectivity index (χ4n) is 1.52. The molecule has 0 radical (unpaired) electrons. The van der Waals surface area contributed by atoms with Crippen LogP contribution in [0.3, 0.4) is 0 Å². The lowest BCUT2D eigenvalue weighted by Crippen LogP contribution is -1.88. The molecule has 1 nitrogen and oxygen atoms in total. The van der Waals surface area contributed by atoms with E-state index in [2.05, 4.69) is 30.3 Å². The van der Waals surface area contributed by atoms with Crippen molar-refractivity contribution in [3.05, 3.63) is 54.1 Å². The van der Waals surface area contributed by atoms with Crippen LogP contribution in [0.2, 0.25) is 0 Å². The highest BCUT2D eigenvalue weighted by Gasteiger charge is 2.04. The van der Waals surface area contributed by atoms with Crippen molar-refractivity contribution in [1.29, 1.82) is 0 Å². The predicted molar refractivity (Wildman–Crippen MR) is 74.7 cm³/mol. The van der Waals surface area contributed by atoms with Gasteiger partial charge in [0.1, 0.15) is 0 Å². The van der Waals surface area contributed by atoms with E-state index in [1.165, 1.54) is 9.79 Å². The van der Waals surface area contributed by atoms with Gasteiger partial charge in [0.2, 0.25) is 0 Å². The van der Waals surface area contributed by atoms with Gasteiger partial charge in [-0.25, -0.2) is 0 Å². The lowest BCUT2D eigenvalue weighted by Gasteiger charge is -2.08. The Labute approximate surface area is 110 Å². The fourth-order valence-corrected chi connectivity index (χ4v) is 2.92. The number of benzene rings is 2. The van der Waals surface area contributed by atoms with E-state index in [1.807, 2.05) is 24.5 Å².